The van der Waals surface area contributed by atoms with E-state index < -0.39 is 0 Å². The number of benzene rings is 2. The molecule has 0 aromatic heterocycles. The van der Waals surface area contributed by atoms with Gasteiger partial charge in [0.1, 0.15) is 5.75 Å². The summed E-state index contributed by atoms with van der Waals surface area (Å²) in [7, 11) is 3.46. The predicted octanol–water partition coefficient (Wildman–Crippen LogP) is 2.64. The molecule has 2 amide bonds. The monoisotopic (exact) mass is 326 g/mol. The summed E-state index contributed by atoms with van der Waals surface area (Å²) in [5, 5.41) is 2.78. The molecule has 0 spiro atoms. The Morgan fingerprint density at radius 3 is 2.33 bits per heavy atom. The Balaban J connectivity index is 1.86. The lowest BCUT2D eigenvalue weighted by Crippen LogP contribution is -2.23. The maximum atomic E-state index is 12.0. The second-order valence-electron chi connectivity index (χ2n) is 5.76. The molecule has 126 valence electrons. The molecule has 2 aromatic rings. The standard InChI is InChI=1S/C19H22N2O3/c1-14-6-4-5-7-17(14)24-13-18(22)20-16-10-8-15(9-11-16)12-19(23)21(2)3/h4-11H,12-13H2,1-3H3,(H,20,22). The number of nitrogens with one attached hydrogen (secondary N) is 1. The summed E-state index contributed by atoms with van der Waals surface area (Å²) in [5.41, 5.74) is 2.57. The second-order valence-corrected chi connectivity index (χ2v) is 5.76. The van der Waals surface area contributed by atoms with Crippen LogP contribution in [-0.2, 0) is 16.0 Å². The number of hydrogen-bond donors (Lipinski definition) is 1. The number of amides is 2. The van der Waals surface area contributed by atoms with Crippen molar-refractivity contribution in [3.63, 3.8) is 0 Å². The summed E-state index contributed by atoms with van der Waals surface area (Å²) in [4.78, 5) is 25.2. The van der Waals surface area contributed by atoms with Crippen LogP contribution in [0.4, 0.5) is 5.69 Å². The SMILES string of the molecule is Cc1ccccc1OCC(=O)Nc1ccc(CC(=O)N(C)C)cc1. The van der Waals surface area contributed by atoms with E-state index in [2.05, 4.69) is 5.32 Å². The largest absolute Gasteiger partial charge is 0.483 e. The Bertz CT molecular complexity index is 709. The van der Waals surface area contributed by atoms with Gasteiger partial charge in [-0.25, -0.2) is 0 Å². The number of carbonyl (C=O) groups excluding carboxylic acids is 2. The number of hydrogen-bond acceptors (Lipinski definition) is 3. The molecule has 24 heavy (non-hydrogen) atoms. The van der Waals surface area contributed by atoms with Gasteiger partial charge in [0.05, 0.1) is 6.42 Å². The van der Waals surface area contributed by atoms with Gasteiger partial charge < -0.3 is 15.0 Å². The van der Waals surface area contributed by atoms with Crippen molar-refractivity contribution >= 4 is 17.5 Å². The fourth-order valence-electron chi connectivity index (χ4n) is 2.10. The van der Waals surface area contributed by atoms with Crippen molar-refractivity contribution in [1.82, 2.24) is 4.90 Å². The van der Waals surface area contributed by atoms with Crippen LogP contribution < -0.4 is 10.1 Å². The van der Waals surface area contributed by atoms with Gasteiger partial charge in [0.25, 0.3) is 5.91 Å². The third-order valence-corrected chi connectivity index (χ3v) is 3.54. The number of ether oxygens (including phenoxy) is 1. The lowest BCUT2D eigenvalue weighted by molar-refractivity contribution is -0.128. The molecule has 0 radical (unpaired) electrons. The zero-order valence-corrected chi connectivity index (χ0v) is 14.2. The number of anilines is 1. The molecule has 0 aliphatic rings. The number of aryl methyl sites for hydroxylation is 1. The van der Waals surface area contributed by atoms with E-state index in [1.165, 1.54) is 0 Å². The first-order chi connectivity index (χ1) is 11.5. The highest BCUT2D eigenvalue weighted by atomic mass is 16.5. The zero-order valence-electron chi connectivity index (χ0n) is 14.2. The summed E-state index contributed by atoms with van der Waals surface area (Å²) in [6.45, 7) is 1.88. The maximum absolute atomic E-state index is 12.0. The molecule has 0 aliphatic carbocycles. The van der Waals surface area contributed by atoms with E-state index in [0.29, 0.717) is 17.9 Å². The molecule has 0 unspecified atom stereocenters. The molecule has 0 atom stereocenters. The number of para-hydroxylation sites is 1. The van der Waals surface area contributed by atoms with Crippen LogP contribution in [0.15, 0.2) is 48.5 Å². The number of nitrogens with zero attached hydrogens (tertiary/aromatic N) is 1. The van der Waals surface area contributed by atoms with Crippen molar-refractivity contribution in [2.24, 2.45) is 0 Å². The van der Waals surface area contributed by atoms with Gasteiger partial charge in [0.15, 0.2) is 6.61 Å². The summed E-state index contributed by atoms with van der Waals surface area (Å²) < 4.78 is 5.51. The average molecular weight is 326 g/mol. The van der Waals surface area contributed by atoms with Gasteiger partial charge in [-0.15, -0.1) is 0 Å². The zero-order chi connectivity index (χ0) is 17.5. The van der Waals surface area contributed by atoms with Crippen molar-refractivity contribution in [3.8, 4) is 5.75 Å². The minimum Gasteiger partial charge on any atom is -0.483 e. The van der Waals surface area contributed by atoms with Crippen LogP contribution in [0.3, 0.4) is 0 Å². The van der Waals surface area contributed by atoms with Crippen LogP contribution in [0.5, 0.6) is 5.75 Å². The highest BCUT2D eigenvalue weighted by molar-refractivity contribution is 5.92. The second kappa shape index (κ2) is 8.15. The molecule has 0 fully saturated rings. The van der Waals surface area contributed by atoms with Crippen molar-refractivity contribution in [3.05, 3.63) is 59.7 Å². The Hall–Kier alpha value is -2.82. The van der Waals surface area contributed by atoms with Crippen LogP contribution in [0, 0.1) is 6.92 Å². The summed E-state index contributed by atoms with van der Waals surface area (Å²) in [6, 6.07) is 14.8. The normalized spacial score (nSPS) is 10.1. The Kier molecular flexibility index (Phi) is 5.95. The van der Waals surface area contributed by atoms with Gasteiger partial charge in [-0.3, -0.25) is 9.59 Å². The predicted molar refractivity (Wildman–Crippen MR) is 94.1 cm³/mol. The minimum atomic E-state index is -0.227. The van der Waals surface area contributed by atoms with E-state index in [9.17, 15) is 9.59 Å². The summed E-state index contributed by atoms with van der Waals surface area (Å²) in [5.74, 6) is 0.513. The quantitative estimate of drug-likeness (QED) is 0.888. The average Bonchev–Trinajstić information content (AvgIpc) is 2.56. The van der Waals surface area contributed by atoms with Crippen molar-refractivity contribution in [2.75, 3.05) is 26.0 Å². The van der Waals surface area contributed by atoms with Gasteiger partial charge in [-0.2, -0.15) is 0 Å². The smallest absolute Gasteiger partial charge is 0.262 e. The highest BCUT2D eigenvalue weighted by Gasteiger charge is 2.07. The minimum absolute atomic E-state index is 0.0402. The van der Waals surface area contributed by atoms with E-state index >= 15 is 0 Å². The molecule has 5 nitrogen and oxygen atoms in total. The Labute approximate surface area is 142 Å². The van der Waals surface area contributed by atoms with Crippen LogP contribution in [0.2, 0.25) is 0 Å². The van der Waals surface area contributed by atoms with E-state index in [1.807, 2.05) is 43.3 Å². The van der Waals surface area contributed by atoms with Gasteiger partial charge in [-0.1, -0.05) is 30.3 Å². The first-order valence-corrected chi connectivity index (χ1v) is 7.73. The highest BCUT2D eigenvalue weighted by Crippen LogP contribution is 2.16. The fourth-order valence-corrected chi connectivity index (χ4v) is 2.10. The van der Waals surface area contributed by atoms with Gasteiger partial charge in [0, 0.05) is 19.8 Å². The van der Waals surface area contributed by atoms with E-state index in [1.54, 1.807) is 31.1 Å². The molecule has 0 saturated carbocycles. The third kappa shape index (κ3) is 5.12. The van der Waals surface area contributed by atoms with Crippen LogP contribution in [0.1, 0.15) is 11.1 Å². The van der Waals surface area contributed by atoms with Gasteiger partial charge >= 0.3 is 0 Å². The fraction of sp³-hybridized carbons (Fsp3) is 0.263. The molecular formula is C19H22N2O3. The number of rotatable bonds is 6. The number of likely N-dealkylation sites (N-methyl/N-ethyl adjacent to an activating group) is 1. The maximum Gasteiger partial charge on any atom is 0.262 e. The summed E-state index contributed by atoms with van der Waals surface area (Å²) >= 11 is 0. The molecule has 2 rings (SSSR count). The molecule has 2 aromatic carbocycles. The third-order valence-electron chi connectivity index (χ3n) is 3.54. The molecule has 0 saturated heterocycles. The van der Waals surface area contributed by atoms with Crippen LogP contribution >= 0.6 is 0 Å². The van der Waals surface area contributed by atoms with E-state index in [0.717, 1.165) is 11.1 Å². The first-order valence-electron chi connectivity index (χ1n) is 7.73. The molecule has 0 aliphatic heterocycles. The summed E-state index contributed by atoms with van der Waals surface area (Å²) in [6.07, 6.45) is 0.345. The van der Waals surface area contributed by atoms with Crippen molar-refractivity contribution in [1.29, 1.82) is 0 Å². The Morgan fingerprint density at radius 2 is 1.71 bits per heavy atom. The molecule has 0 heterocycles. The lowest BCUT2D eigenvalue weighted by Gasteiger charge is -2.11. The molecule has 0 bridgehead atoms. The number of carbonyl (C=O) groups is 2. The molecular weight excluding hydrogens is 304 g/mol. The van der Waals surface area contributed by atoms with Crippen molar-refractivity contribution < 1.29 is 14.3 Å². The topological polar surface area (TPSA) is 58.6 Å². The van der Waals surface area contributed by atoms with Crippen molar-refractivity contribution in [2.45, 2.75) is 13.3 Å². The lowest BCUT2D eigenvalue weighted by atomic mass is 10.1. The Morgan fingerprint density at radius 1 is 1.04 bits per heavy atom. The molecule has 5 heteroatoms. The van der Waals surface area contributed by atoms with Crippen LogP contribution in [-0.4, -0.2) is 37.4 Å². The van der Waals surface area contributed by atoms with Gasteiger partial charge in [0.2, 0.25) is 5.91 Å². The van der Waals surface area contributed by atoms with Gasteiger partial charge in [-0.05, 0) is 36.2 Å². The van der Waals surface area contributed by atoms with E-state index in [-0.39, 0.29) is 18.4 Å². The van der Waals surface area contributed by atoms with Crippen LogP contribution in [0.25, 0.3) is 0 Å². The van der Waals surface area contributed by atoms with E-state index in [4.69, 9.17) is 4.74 Å². The first kappa shape index (κ1) is 17.5. The molecule has 1 N–H and O–H groups in total.